The number of carbonyl (C=O) groups is 1. The van der Waals surface area contributed by atoms with E-state index in [0.29, 0.717) is 5.89 Å². The predicted molar refractivity (Wildman–Crippen MR) is 42.0 cm³/mol. The van der Waals surface area contributed by atoms with Gasteiger partial charge in [0.15, 0.2) is 11.6 Å². The van der Waals surface area contributed by atoms with Crippen molar-refractivity contribution in [1.29, 1.82) is 0 Å². The van der Waals surface area contributed by atoms with Crippen LogP contribution < -0.4 is 0 Å². The van der Waals surface area contributed by atoms with E-state index in [1.54, 1.807) is 6.92 Å². The second kappa shape index (κ2) is 2.83. The molecule has 1 aromatic rings. The maximum Gasteiger partial charge on any atom is 0.276 e. The molecule has 2 heterocycles. The summed E-state index contributed by atoms with van der Waals surface area (Å²) >= 11 is 0. The summed E-state index contributed by atoms with van der Waals surface area (Å²) in [5, 5.41) is 0. The van der Waals surface area contributed by atoms with Gasteiger partial charge < -0.3 is 9.32 Å². The first kappa shape index (κ1) is 8.22. The molecule has 0 bridgehead atoms. The van der Waals surface area contributed by atoms with Crippen molar-refractivity contribution < 1.29 is 13.6 Å². The first-order chi connectivity index (χ1) is 6.16. The monoisotopic (exact) mass is 184 g/mol. The molecular weight excluding hydrogens is 175 g/mol. The van der Waals surface area contributed by atoms with E-state index in [4.69, 9.17) is 4.42 Å². The Bertz CT molecular complexity index is 331. The highest BCUT2D eigenvalue weighted by molar-refractivity contribution is 5.92. The van der Waals surface area contributed by atoms with E-state index >= 15 is 0 Å². The second-order valence-corrected chi connectivity index (χ2v) is 3.06. The number of nitrogens with zero attached hydrogens (tertiary/aromatic N) is 2. The van der Waals surface area contributed by atoms with Gasteiger partial charge in [0.05, 0.1) is 13.1 Å². The molecule has 4 nitrogen and oxygen atoms in total. The van der Waals surface area contributed by atoms with Gasteiger partial charge in [-0.25, -0.2) is 9.37 Å². The topological polar surface area (TPSA) is 46.3 Å². The standard InChI is InChI=1S/C8H9FN2O2/c1-5-10-7(4-13-5)8(12)11-2-6(9)3-11/h4,6H,2-3H2,1H3. The summed E-state index contributed by atoms with van der Waals surface area (Å²) < 4.78 is 17.3. The van der Waals surface area contributed by atoms with Gasteiger partial charge in [-0.1, -0.05) is 0 Å². The molecule has 1 fully saturated rings. The third kappa shape index (κ3) is 1.41. The number of halogens is 1. The molecule has 13 heavy (non-hydrogen) atoms. The van der Waals surface area contributed by atoms with Gasteiger partial charge in [0.25, 0.3) is 5.91 Å². The molecule has 2 rings (SSSR count). The van der Waals surface area contributed by atoms with Crippen molar-refractivity contribution in [3.8, 4) is 0 Å². The Morgan fingerprint density at radius 1 is 1.77 bits per heavy atom. The highest BCUT2D eigenvalue weighted by atomic mass is 19.1. The zero-order valence-corrected chi connectivity index (χ0v) is 7.16. The van der Waals surface area contributed by atoms with E-state index in [-0.39, 0.29) is 24.7 Å². The lowest BCUT2D eigenvalue weighted by Crippen LogP contribution is -2.51. The Morgan fingerprint density at radius 3 is 2.92 bits per heavy atom. The average Bonchev–Trinajstić information content (AvgIpc) is 2.45. The van der Waals surface area contributed by atoms with Crippen molar-refractivity contribution in [3.63, 3.8) is 0 Å². The van der Waals surface area contributed by atoms with Crippen molar-refractivity contribution in [3.05, 3.63) is 17.8 Å². The number of aryl methyl sites for hydroxylation is 1. The maximum atomic E-state index is 12.4. The van der Waals surface area contributed by atoms with Crippen LogP contribution in [0.25, 0.3) is 0 Å². The minimum Gasteiger partial charge on any atom is -0.448 e. The van der Waals surface area contributed by atoms with Crippen LogP contribution in [0.15, 0.2) is 10.7 Å². The summed E-state index contributed by atoms with van der Waals surface area (Å²) in [7, 11) is 0. The Hall–Kier alpha value is -1.39. The second-order valence-electron chi connectivity index (χ2n) is 3.06. The molecule has 0 radical (unpaired) electrons. The van der Waals surface area contributed by atoms with Gasteiger partial charge in [-0.2, -0.15) is 0 Å². The Kier molecular flexibility index (Phi) is 1.79. The largest absolute Gasteiger partial charge is 0.448 e. The van der Waals surface area contributed by atoms with Crippen molar-refractivity contribution in [1.82, 2.24) is 9.88 Å². The number of alkyl halides is 1. The molecule has 1 saturated heterocycles. The predicted octanol–water partition coefficient (Wildman–Crippen LogP) is 0.777. The molecule has 1 amide bonds. The van der Waals surface area contributed by atoms with E-state index in [1.807, 2.05) is 0 Å². The fraction of sp³-hybridized carbons (Fsp3) is 0.500. The quantitative estimate of drug-likeness (QED) is 0.647. The fourth-order valence-electron chi connectivity index (χ4n) is 1.21. The number of likely N-dealkylation sites (tertiary alicyclic amines) is 1. The molecule has 0 atom stereocenters. The third-order valence-electron chi connectivity index (χ3n) is 1.96. The molecule has 0 aromatic carbocycles. The average molecular weight is 184 g/mol. The summed E-state index contributed by atoms with van der Waals surface area (Å²) in [5.74, 6) is 0.187. The van der Waals surface area contributed by atoms with Gasteiger partial charge in [-0.15, -0.1) is 0 Å². The SMILES string of the molecule is Cc1nc(C(=O)N2CC(F)C2)co1. The molecular formula is C8H9FN2O2. The lowest BCUT2D eigenvalue weighted by molar-refractivity contribution is 0.0394. The van der Waals surface area contributed by atoms with E-state index in [1.165, 1.54) is 11.2 Å². The van der Waals surface area contributed by atoms with E-state index in [0.717, 1.165) is 0 Å². The van der Waals surface area contributed by atoms with Crippen LogP contribution in [0.5, 0.6) is 0 Å². The molecule has 0 saturated carbocycles. The third-order valence-corrected chi connectivity index (χ3v) is 1.96. The van der Waals surface area contributed by atoms with Gasteiger partial charge in [0.1, 0.15) is 12.4 Å². The van der Waals surface area contributed by atoms with Crippen molar-refractivity contribution in [2.45, 2.75) is 13.1 Å². The Labute approximate surface area is 74.4 Å². The molecule has 0 spiro atoms. The number of oxazole rings is 1. The summed E-state index contributed by atoms with van der Waals surface area (Å²) in [6.07, 6.45) is 0.417. The Morgan fingerprint density at radius 2 is 2.46 bits per heavy atom. The maximum absolute atomic E-state index is 12.4. The molecule has 1 aromatic heterocycles. The van der Waals surface area contributed by atoms with Crippen LogP contribution in [0.4, 0.5) is 4.39 Å². The van der Waals surface area contributed by atoms with E-state index in [9.17, 15) is 9.18 Å². The number of aromatic nitrogens is 1. The van der Waals surface area contributed by atoms with Crippen LogP contribution in [0.1, 0.15) is 16.4 Å². The van der Waals surface area contributed by atoms with Gasteiger partial charge in [0, 0.05) is 6.92 Å². The van der Waals surface area contributed by atoms with Crippen molar-refractivity contribution >= 4 is 5.91 Å². The zero-order valence-electron chi connectivity index (χ0n) is 7.16. The van der Waals surface area contributed by atoms with Gasteiger partial charge in [0.2, 0.25) is 0 Å². The zero-order chi connectivity index (χ0) is 9.42. The van der Waals surface area contributed by atoms with Gasteiger partial charge >= 0.3 is 0 Å². The summed E-state index contributed by atoms with van der Waals surface area (Å²) in [4.78, 5) is 16.7. The minimum absolute atomic E-state index is 0.171. The van der Waals surface area contributed by atoms with Crippen molar-refractivity contribution in [2.75, 3.05) is 13.1 Å². The lowest BCUT2D eigenvalue weighted by Gasteiger charge is -2.33. The van der Waals surface area contributed by atoms with Crippen LogP contribution in [-0.4, -0.2) is 35.1 Å². The summed E-state index contributed by atoms with van der Waals surface area (Å²) in [5.41, 5.74) is 0.254. The fourth-order valence-corrected chi connectivity index (χ4v) is 1.21. The van der Waals surface area contributed by atoms with E-state index in [2.05, 4.69) is 4.98 Å². The first-order valence-electron chi connectivity index (χ1n) is 4.02. The number of carbonyl (C=O) groups excluding carboxylic acids is 1. The molecule has 1 aliphatic rings. The molecule has 1 aliphatic heterocycles. The smallest absolute Gasteiger partial charge is 0.276 e. The molecule has 0 aliphatic carbocycles. The van der Waals surface area contributed by atoms with Crippen LogP contribution in [0.2, 0.25) is 0 Å². The van der Waals surface area contributed by atoms with E-state index < -0.39 is 6.17 Å². The Balaban J connectivity index is 2.06. The minimum atomic E-state index is -0.878. The lowest BCUT2D eigenvalue weighted by atomic mass is 10.2. The summed E-state index contributed by atoms with van der Waals surface area (Å²) in [6.45, 7) is 2.00. The number of amides is 1. The number of hydrogen-bond acceptors (Lipinski definition) is 3. The molecule has 70 valence electrons. The van der Waals surface area contributed by atoms with Crippen LogP contribution >= 0.6 is 0 Å². The summed E-state index contributed by atoms with van der Waals surface area (Å²) in [6, 6.07) is 0. The van der Waals surface area contributed by atoms with Gasteiger partial charge in [-0.3, -0.25) is 4.79 Å². The van der Waals surface area contributed by atoms with Crippen LogP contribution in [0.3, 0.4) is 0 Å². The molecule has 0 N–H and O–H groups in total. The van der Waals surface area contributed by atoms with Crippen LogP contribution in [-0.2, 0) is 0 Å². The number of rotatable bonds is 1. The first-order valence-corrected chi connectivity index (χ1v) is 4.02. The normalized spacial score (nSPS) is 17.2. The van der Waals surface area contributed by atoms with Crippen LogP contribution in [0, 0.1) is 6.92 Å². The van der Waals surface area contributed by atoms with Crippen molar-refractivity contribution in [2.24, 2.45) is 0 Å². The molecule has 0 unspecified atom stereocenters. The highest BCUT2D eigenvalue weighted by Gasteiger charge is 2.32. The molecule has 5 heteroatoms. The highest BCUT2D eigenvalue weighted by Crippen LogP contribution is 2.14. The van der Waals surface area contributed by atoms with Gasteiger partial charge in [-0.05, 0) is 0 Å². The number of hydrogen-bond donors (Lipinski definition) is 0.